The van der Waals surface area contributed by atoms with Gasteiger partial charge in [0.05, 0.1) is 19.8 Å². The van der Waals surface area contributed by atoms with Crippen LogP contribution >= 0.6 is 0 Å². The van der Waals surface area contributed by atoms with Gasteiger partial charge >= 0.3 is 5.97 Å². The van der Waals surface area contributed by atoms with Gasteiger partial charge in [0.2, 0.25) is 0 Å². The molecule has 58 heavy (non-hydrogen) atoms. The minimum atomic E-state index is -1.55. The minimum Gasteiger partial charge on any atom is -0.457 e. The molecule has 1 aliphatic heterocycles. The van der Waals surface area contributed by atoms with Crippen molar-refractivity contribution < 1.29 is 44.2 Å². The molecule has 0 aromatic heterocycles. The van der Waals surface area contributed by atoms with Crippen LogP contribution in [0.1, 0.15) is 168 Å². The van der Waals surface area contributed by atoms with Gasteiger partial charge in [0.15, 0.2) is 6.29 Å². The quantitative estimate of drug-likeness (QED) is 0.0273. The number of ether oxygens (including phenoxy) is 4. The number of aliphatic hydroxyl groups excluding tert-OH is 4. The number of rotatable bonds is 38. The van der Waals surface area contributed by atoms with E-state index in [1.807, 2.05) is 0 Å². The Morgan fingerprint density at radius 2 is 1.05 bits per heavy atom. The van der Waals surface area contributed by atoms with Crippen molar-refractivity contribution in [2.45, 2.75) is 205 Å². The summed E-state index contributed by atoms with van der Waals surface area (Å²) < 4.78 is 22.8. The summed E-state index contributed by atoms with van der Waals surface area (Å²) in [4.78, 5) is 12.8. The van der Waals surface area contributed by atoms with Gasteiger partial charge in [-0.05, 0) is 83.5 Å². The maximum absolute atomic E-state index is 12.8. The topological polar surface area (TPSA) is 135 Å². The van der Waals surface area contributed by atoms with E-state index >= 15 is 0 Å². The summed E-state index contributed by atoms with van der Waals surface area (Å²) in [5.41, 5.74) is 0. The highest BCUT2D eigenvalue weighted by Gasteiger charge is 2.44. The first-order chi connectivity index (χ1) is 28.4. The molecule has 0 aromatic rings. The van der Waals surface area contributed by atoms with Crippen LogP contribution in [-0.4, -0.2) is 89.6 Å². The van der Waals surface area contributed by atoms with E-state index < -0.39 is 43.4 Å². The highest BCUT2D eigenvalue weighted by molar-refractivity contribution is 5.69. The molecular formula is C49H84O9. The van der Waals surface area contributed by atoms with Gasteiger partial charge < -0.3 is 39.4 Å². The Balaban J connectivity index is 2.30. The lowest BCUT2D eigenvalue weighted by Crippen LogP contribution is -2.59. The molecule has 4 N–H and O–H groups in total. The molecule has 6 unspecified atom stereocenters. The average molecular weight is 817 g/mol. The summed E-state index contributed by atoms with van der Waals surface area (Å²) in [5, 5.41) is 40.1. The number of unbranched alkanes of at least 4 members (excludes halogenated alkanes) is 15. The minimum absolute atomic E-state index is 0.123. The largest absolute Gasteiger partial charge is 0.457 e. The standard InChI is InChI=1S/C49H84O9/c1-3-5-7-9-11-13-15-17-19-21-22-23-24-26-28-30-32-34-36-38-45(51)57-43(42-56-49-48(54)47(53)46(52)44(40-50)58-49)41-55-39-37-35-33-31-29-27-25-20-18-16-14-12-10-8-6-4-2/h5,7,11,13,17-20,22-23,26,28,43-44,46-50,52-54H,3-4,6,8-10,12,14-16,21,24-25,27,29-42H2,1-2H3/b7-5-,13-11-,19-17-,20-18-,23-22-,28-26-. The summed E-state index contributed by atoms with van der Waals surface area (Å²) >= 11 is 0. The molecule has 0 saturated carbocycles. The van der Waals surface area contributed by atoms with Crippen molar-refractivity contribution >= 4 is 5.97 Å². The van der Waals surface area contributed by atoms with Crippen LogP contribution in [0.2, 0.25) is 0 Å². The third-order valence-corrected chi connectivity index (χ3v) is 10.1. The molecule has 1 heterocycles. The van der Waals surface area contributed by atoms with Gasteiger partial charge in [0, 0.05) is 13.0 Å². The van der Waals surface area contributed by atoms with Crippen LogP contribution in [0.5, 0.6) is 0 Å². The number of allylic oxidation sites excluding steroid dienone is 12. The zero-order valence-electron chi connectivity index (χ0n) is 36.5. The molecule has 0 bridgehead atoms. The van der Waals surface area contributed by atoms with E-state index in [1.54, 1.807) is 0 Å². The zero-order valence-corrected chi connectivity index (χ0v) is 36.5. The van der Waals surface area contributed by atoms with E-state index in [4.69, 9.17) is 18.9 Å². The van der Waals surface area contributed by atoms with Gasteiger partial charge in [-0.3, -0.25) is 4.79 Å². The molecule has 0 aromatic carbocycles. The van der Waals surface area contributed by atoms with Gasteiger partial charge in [-0.1, -0.05) is 151 Å². The van der Waals surface area contributed by atoms with Gasteiger partial charge in [-0.25, -0.2) is 0 Å². The first-order valence-electron chi connectivity index (χ1n) is 23.0. The second kappa shape index (κ2) is 40.1. The predicted molar refractivity (Wildman–Crippen MR) is 237 cm³/mol. The molecule has 334 valence electrons. The van der Waals surface area contributed by atoms with Crippen LogP contribution in [0.25, 0.3) is 0 Å². The lowest BCUT2D eigenvalue weighted by Gasteiger charge is -2.39. The van der Waals surface area contributed by atoms with Crippen LogP contribution in [0.15, 0.2) is 72.9 Å². The van der Waals surface area contributed by atoms with E-state index in [2.05, 4.69) is 86.8 Å². The van der Waals surface area contributed by atoms with Crippen LogP contribution in [0.3, 0.4) is 0 Å². The van der Waals surface area contributed by atoms with E-state index in [1.165, 1.54) is 64.2 Å². The van der Waals surface area contributed by atoms with Crippen LogP contribution in [0, 0.1) is 0 Å². The Morgan fingerprint density at radius 1 is 0.569 bits per heavy atom. The highest BCUT2D eigenvalue weighted by Crippen LogP contribution is 2.22. The number of carbonyl (C=O) groups excluding carboxylic acids is 1. The summed E-state index contributed by atoms with van der Waals surface area (Å²) in [5.74, 6) is -0.349. The number of esters is 1. The number of hydrogen-bond acceptors (Lipinski definition) is 9. The number of hydrogen-bond donors (Lipinski definition) is 4. The molecule has 0 spiro atoms. The van der Waals surface area contributed by atoms with Crippen LogP contribution < -0.4 is 0 Å². The summed E-state index contributed by atoms with van der Waals surface area (Å²) in [7, 11) is 0. The average Bonchev–Trinajstić information content (AvgIpc) is 3.22. The monoisotopic (exact) mass is 817 g/mol. The van der Waals surface area contributed by atoms with Crippen molar-refractivity contribution in [3.8, 4) is 0 Å². The SMILES string of the molecule is CC/C=C\C/C=C\C/C=C\C/C=C\C/C=C\CCCCCC(=O)OC(COCCCCCCCC/C=C\CCCCCCCC)COC1OC(CO)C(O)C(O)C1O. The molecule has 6 atom stereocenters. The molecule has 1 fully saturated rings. The molecule has 1 rings (SSSR count). The van der Waals surface area contributed by atoms with E-state index in [0.717, 1.165) is 77.0 Å². The first kappa shape index (κ1) is 53.6. The fourth-order valence-electron chi connectivity index (χ4n) is 6.51. The second-order valence-corrected chi connectivity index (χ2v) is 15.5. The number of aliphatic hydroxyl groups is 4. The lowest BCUT2D eigenvalue weighted by molar-refractivity contribution is -0.305. The Bertz CT molecular complexity index is 1110. The van der Waals surface area contributed by atoms with Gasteiger partial charge in [0.25, 0.3) is 0 Å². The Hall–Kier alpha value is -2.37. The van der Waals surface area contributed by atoms with Gasteiger partial charge in [-0.15, -0.1) is 0 Å². The molecule has 0 amide bonds. The molecule has 1 saturated heterocycles. The fraction of sp³-hybridized carbons (Fsp3) is 0.735. The molecule has 9 heteroatoms. The van der Waals surface area contributed by atoms with Crippen molar-refractivity contribution in [1.82, 2.24) is 0 Å². The predicted octanol–water partition coefficient (Wildman–Crippen LogP) is 10.5. The third-order valence-electron chi connectivity index (χ3n) is 10.1. The molecule has 9 nitrogen and oxygen atoms in total. The van der Waals surface area contributed by atoms with Crippen molar-refractivity contribution in [1.29, 1.82) is 0 Å². The Morgan fingerprint density at radius 3 is 1.60 bits per heavy atom. The van der Waals surface area contributed by atoms with Crippen LogP contribution in [0.4, 0.5) is 0 Å². The highest BCUT2D eigenvalue weighted by atomic mass is 16.7. The summed E-state index contributed by atoms with van der Waals surface area (Å²) in [6.07, 6.45) is 44.9. The molecule has 0 aliphatic carbocycles. The second-order valence-electron chi connectivity index (χ2n) is 15.5. The van der Waals surface area contributed by atoms with Crippen molar-refractivity contribution in [2.75, 3.05) is 26.4 Å². The maximum atomic E-state index is 12.8. The first-order valence-corrected chi connectivity index (χ1v) is 23.0. The number of carbonyl (C=O) groups is 1. The van der Waals surface area contributed by atoms with Gasteiger partial charge in [0.1, 0.15) is 30.5 Å². The Labute approximate surface area is 353 Å². The van der Waals surface area contributed by atoms with E-state index in [9.17, 15) is 25.2 Å². The normalized spacial score (nSPS) is 21.0. The van der Waals surface area contributed by atoms with Crippen molar-refractivity contribution in [3.63, 3.8) is 0 Å². The third kappa shape index (κ3) is 30.6. The smallest absolute Gasteiger partial charge is 0.306 e. The molecular weight excluding hydrogens is 733 g/mol. The van der Waals surface area contributed by atoms with Crippen molar-refractivity contribution in [3.05, 3.63) is 72.9 Å². The lowest BCUT2D eigenvalue weighted by atomic mass is 9.99. The maximum Gasteiger partial charge on any atom is 0.306 e. The van der Waals surface area contributed by atoms with E-state index in [-0.39, 0.29) is 25.6 Å². The van der Waals surface area contributed by atoms with Gasteiger partial charge in [-0.2, -0.15) is 0 Å². The van der Waals surface area contributed by atoms with Crippen molar-refractivity contribution in [2.24, 2.45) is 0 Å². The Kier molecular flexibility index (Phi) is 37.1. The molecule has 1 aliphatic rings. The van der Waals surface area contributed by atoms with E-state index in [0.29, 0.717) is 13.0 Å². The summed E-state index contributed by atoms with van der Waals surface area (Å²) in [6, 6.07) is 0. The zero-order chi connectivity index (χ0) is 42.2. The summed E-state index contributed by atoms with van der Waals surface area (Å²) in [6.45, 7) is 4.37. The van der Waals surface area contributed by atoms with Crippen LogP contribution in [-0.2, 0) is 23.7 Å². The fourth-order valence-corrected chi connectivity index (χ4v) is 6.51. The molecule has 0 radical (unpaired) electrons.